The number of nitrogens with zero attached hydrogens (tertiary/aromatic N) is 1. The molecule has 0 fully saturated rings. The summed E-state index contributed by atoms with van der Waals surface area (Å²) in [7, 11) is 1.91. The van der Waals surface area contributed by atoms with Gasteiger partial charge in [0.1, 0.15) is 0 Å². The first kappa shape index (κ1) is 10.2. The number of aromatic amines is 1. The van der Waals surface area contributed by atoms with E-state index in [2.05, 4.69) is 15.5 Å². The highest BCUT2D eigenvalue weighted by molar-refractivity contribution is 6.30. The Morgan fingerprint density at radius 1 is 1.33 bits per heavy atom. The highest BCUT2D eigenvalue weighted by Crippen LogP contribution is 2.19. The molecule has 2 aromatic rings. The molecule has 0 saturated carbocycles. The van der Waals surface area contributed by atoms with E-state index in [1.54, 1.807) is 0 Å². The number of hydrogen-bond acceptors (Lipinski definition) is 2. The van der Waals surface area contributed by atoms with Gasteiger partial charge in [-0.3, -0.25) is 5.10 Å². The second-order valence-corrected chi connectivity index (χ2v) is 3.75. The Balaban J connectivity index is 2.25. The van der Waals surface area contributed by atoms with Crippen molar-refractivity contribution in [2.45, 2.75) is 6.54 Å². The molecule has 0 amide bonds. The van der Waals surface area contributed by atoms with Crippen molar-refractivity contribution < 1.29 is 0 Å². The van der Waals surface area contributed by atoms with Crippen molar-refractivity contribution in [3.8, 4) is 11.3 Å². The minimum Gasteiger partial charge on any atom is -0.314 e. The fourth-order valence-electron chi connectivity index (χ4n) is 1.41. The lowest BCUT2D eigenvalue weighted by Crippen LogP contribution is -2.04. The minimum absolute atomic E-state index is 0.740. The van der Waals surface area contributed by atoms with Crippen LogP contribution in [0.25, 0.3) is 11.3 Å². The zero-order valence-electron chi connectivity index (χ0n) is 8.42. The molecule has 1 aromatic carbocycles. The van der Waals surface area contributed by atoms with E-state index in [0.29, 0.717) is 0 Å². The van der Waals surface area contributed by atoms with Crippen molar-refractivity contribution in [3.63, 3.8) is 0 Å². The highest BCUT2D eigenvalue weighted by Gasteiger charge is 2.02. The molecule has 0 aliphatic heterocycles. The van der Waals surface area contributed by atoms with Crippen LogP contribution >= 0.6 is 11.6 Å². The number of aromatic nitrogens is 2. The van der Waals surface area contributed by atoms with Gasteiger partial charge in [0.05, 0.1) is 5.69 Å². The summed E-state index contributed by atoms with van der Waals surface area (Å²) in [6.45, 7) is 0.792. The summed E-state index contributed by atoms with van der Waals surface area (Å²) < 4.78 is 0. The summed E-state index contributed by atoms with van der Waals surface area (Å²) in [5.74, 6) is 0. The molecule has 0 radical (unpaired) electrons. The molecule has 4 heteroatoms. The molecular formula is C11H12ClN3. The summed E-state index contributed by atoms with van der Waals surface area (Å²) in [5.41, 5.74) is 3.08. The van der Waals surface area contributed by atoms with Crippen LogP contribution in [0.3, 0.4) is 0 Å². The molecule has 2 N–H and O–H groups in total. The Labute approximate surface area is 93.5 Å². The molecule has 0 aliphatic rings. The Bertz CT molecular complexity index is 433. The number of hydrogen-bond donors (Lipinski definition) is 2. The Morgan fingerprint density at radius 2 is 2.07 bits per heavy atom. The average Bonchev–Trinajstić information content (AvgIpc) is 2.68. The largest absolute Gasteiger partial charge is 0.314 e. The van der Waals surface area contributed by atoms with Crippen LogP contribution < -0.4 is 5.32 Å². The highest BCUT2D eigenvalue weighted by atomic mass is 35.5. The minimum atomic E-state index is 0.740. The van der Waals surface area contributed by atoms with Crippen LogP contribution in [-0.2, 0) is 6.54 Å². The Hall–Kier alpha value is -1.32. The number of rotatable bonds is 3. The summed E-state index contributed by atoms with van der Waals surface area (Å²) in [5, 5.41) is 11.0. The second kappa shape index (κ2) is 4.47. The van der Waals surface area contributed by atoms with Gasteiger partial charge in [0.15, 0.2) is 0 Å². The van der Waals surface area contributed by atoms with Gasteiger partial charge in [0.2, 0.25) is 0 Å². The lowest BCUT2D eigenvalue weighted by Gasteiger charge is -1.95. The smallest absolute Gasteiger partial charge is 0.0924 e. The molecule has 3 nitrogen and oxygen atoms in total. The van der Waals surface area contributed by atoms with Crippen molar-refractivity contribution in [2.24, 2.45) is 0 Å². The zero-order valence-corrected chi connectivity index (χ0v) is 9.17. The monoisotopic (exact) mass is 221 g/mol. The molecule has 15 heavy (non-hydrogen) atoms. The van der Waals surface area contributed by atoms with Gasteiger partial charge in [-0.2, -0.15) is 5.10 Å². The summed E-state index contributed by atoms with van der Waals surface area (Å²) in [6, 6.07) is 9.68. The SMILES string of the molecule is CNCc1cc(-c2ccc(Cl)cc2)n[nH]1. The van der Waals surface area contributed by atoms with E-state index in [0.717, 1.165) is 28.5 Å². The Kier molecular flexibility index (Phi) is 3.04. The molecule has 0 saturated heterocycles. The molecule has 78 valence electrons. The van der Waals surface area contributed by atoms with Gasteiger partial charge in [-0.05, 0) is 25.2 Å². The van der Waals surface area contributed by atoms with Crippen molar-refractivity contribution in [2.75, 3.05) is 7.05 Å². The molecule has 1 heterocycles. The number of halogens is 1. The van der Waals surface area contributed by atoms with Crippen LogP contribution in [-0.4, -0.2) is 17.2 Å². The van der Waals surface area contributed by atoms with E-state index in [4.69, 9.17) is 11.6 Å². The van der Waals surface area contributed by atoms with Crippen LogP contribution in [0.15, 0.2) is 30.3 Å². The van der Waals surface area contributed by atoms with E-state index in [-0.39, 0.29) is 0 Å². The molecule has 2 rings (SSSR count). The van der Waals surface area contributed by atoms with E-state index in [1.807, 2.05) is 37.4 Å². The second-order valence-electron chi connectivity index (χ2n) is 3.32. The van der Waals surface area contributed by atoms with E-state index < -0.39 is 0 Å². The van der Waals surface area contributed by atoms with Crippen molar-refractivity contribution in [1.29, 1.82) is 0 Å². The standard InChI is InChI=1S/C11H12ClN3/c1-13-7-10-6-11(15-14-10)8-2-4-9(12)5-3-8/h2-6,13H,7H2,1H3,(H,14,15). The first-order valence-electron chi connectivity index (χ1n) is 4.74. The quantitative estimate of drug-likeness (QED) is 0.836. The molecular weight excluding hydrogens is 210 g/mol. The van der Waals surface area contributed by atoms with Crippen LogP contribution in [0.4, 0.5) is 0 Å². The number of nitrogens with one attached hydrogen (secondary N) is 2. The predicted octanol–water partition coefficient (Wildman–Crippen LogP) is 2.45. The molecule has 0 unspecified atom stereocenters. The van der Waals surface area contributed by atoms with Crippen LogP contribution in [0.2, 0.25) is 5.02 Å². The molecule has 0 atom stereocenters. The van der Waals surface area contributed by atoms with Gasteiger partial charge in [0, 0.05) is 22.8 Å². The topological polar surface area (TPSA) is 40.7 Å². The van der Waals surface area contributed by atoms with Crippen molar-refractivity contribution in [3.05, 3.63) is 41.0 Å². The average molecular weight is 222 g/mol. The summed E-state index contributed by atoms with van der Waals surface area (Å²) in [6.07, 6.45) is 0. The van der Waals surface area contributed by atoms with Gasteiger partial charge >= 0.3 is 0 Å². The van der Waals surface area contributed by atoms with E-state index in [9.17, 15) is 0 Å². The normalized spacial score (nSPS) is 10.5. The van der Waals surface area contributed by atoms with Crippen LogP contribution in [0.5, 0.6) is 0 Å². The fraction of sp³-hybridized carbons (Fsp3) is 0.182. The third-order valence-corrected chi connectivity index (χ3v) is 2.39. The maximum atomic E-state index is 5.82. The maximum absolute atomic E-state index is 5.82. The molecule has 0 aliphatic carbocycles. The van der Waals surface area contributed by atoms with Crippen LogP contribution in [0, 0.1) is 0 Å². The molecule has 0 spiro atoms. The zero-order chi connectivity index (χ0) is 10.7. The Morgan fingerprint density at radius 3 is 2.73 bits per heavy atom. The maximum Gasteiger partial charge on any atom is 0.0924 e. The van der Waals surface area contributed by atoms with Crippen molar-refractivity contribution in [1.82, 2.24) is 15.5 Å². The first-order valence-corrected chi connectivity index (χ1v) is 5.12. The summed E-state index contributed by atoms with van der Waals surface area (Å²) in [4.78, 5) is 0. The number of benzene rings is 1. The third-order valence-electron chi connectivity index (χ3n) is 2.14. The van der Waals surface area contributed by atoms with Gasteiger partial charge in [0.25, 0.3) is 0 Å². The van der Waals surface area contributed by atoms with Gasteiger partial charge in [-0.15, -0.1) is 0 Å². The van der Waals surface area contributed by atoms with Gasteiger partial charge in [-0.25, -0.2) is 0 Å². The molecule has 1 aromatic heterocycles. The summed E-state index contributed by atoms with van der Waals surface area (Å²) >= 11 is 5.82. The third kappa shape index (κ3) is 2.37. The molecule has 0 bridgehead atoms. The van der Waals surface area contributed by atoms with E-state index in [1.165, 1.54) is 0 Å². The van der Waals surface area contributed by atoms with Gasteiger partial charge in [-0.1, -0.05) is 23.7 Å². The lowest BCUT2D eigenvalue weighted by atomic mass is 10.1. The lowest BCUT2D eigenvalue weighted by molar-refractivity contribution is 0.784. The van der Waals surface area contributed by atoms with E-state index >= 15 is 0 Å². The predicted molar refractivity (Wildman–Crippen MR) is 61.8 cm³/mol. The van der Waals surface area contributed by atoms with Gasteiger partial charge < -0.3 is 5.32 Å². The first-order chi connectivity index (χ1) is 7.29. The fourth-order valence-corrected chi connectivity index (χ4v) is 1.54. The van der Waals surface area contributed by atoms with Crippen LogP contribution in [0.1, 0.15) is 5.69 Å². The van der Waals surface area contributed by atoms with Crippen molar-refractivity contribution >= 4 is 11.6 Å². The number of H-pyrrole nitrogens is 1.